The summed E-state index contributed by atoms with van der Waals surface area (Å²) in [4.78, 5) is 20.0. The van der Waals surface area contributed by atoms with E-state index in [1.807, 2.05) is 13.0 Å². The topological polar surface area (TPSA) is 90.1 Å². The van der Waals surface area contributed by atoms with Crippen molar-refractivity contribution in [1.82, 2.24) is 15.4 Å². The van der Waals surface area contributed by atoms with Gasteiger partial charge in [-0.15, -0.1) is 0 Å². The van der Waals surface area contributed by atoms with E-state index in [1.54, 1.807) is 30.5 Å². The van der Waals surface area contributed by atoms with Crippen molar-refractivity contribution in [3.8, 4) is 5.75 Å². The number of carbonyl (C=O) groups is 1. The van der Waals surface area contributed by atoms with Crippen LogP contribution in [0.1, 0.15) is 16.1 Å². The monoisotopic (exact) mass is 304 g/mol. The lowest BCUT2D eigenvalue weighted by atomic mass is 10.2. The average molecular weight is 304 g/mol. The second kappa shape index (κ2) is 7.61. The van der Waals surface area contributed by atoms with Gasteiger partial charge in [0.15, 0.2) is 5.16 Å². The highest BCUT2D eigenvalue weighted by molar-refractivity contribution is 7.99. The van der Waals surface area contributed by atoms with Gasteiger partial charge >= 0.3 is 0 Å². The Morgan fingerprint density at radius 2 is 2.19 bits per heavy atom. The van der Waals surface area contributed by atoms with Crippen molar-refractivity contribution in [2.24, 2.45) is 5.84 Å². The molecule has 0 aliphatic carbocycles. The van der Waals surface area contributed by atoms with Crippen molar-refractivity contribution in [3.05, 3.63) is 47.8 Å². The van der Waals surface area contributed by atoms with Crippen molar-refractivity contribution in [2.75, 3.05) is 12.4 Å². The number of thioether (sulfide) groups is 1. The maximum atomic E-state index is 11.6. The first-order valence-corrected chi connectivity index (χ1v) is 7.34. The van der Waals surface area contributed by atoms with Crippen LogP contribution in [0.3, 0.4) is 0 Å². The van der Waals surface area contributed by atoms with Crippen molar-refractivity contribution < 1.29 is 9.53 Å². The van der Waals surface area contributed by atoms with Crippen LogP contribution < -0.4 is 16.0 Å². The van der Waals surface area contributed by atoms with E-state index in [-0.39, 0.29) is 5.91 Å². The van der Waals surface area contributed by atoms with Crippen LogP contribution >= 0.6 is 11.8 Å². The number of nitrogens with zero attached hydrogens (tertiary/aromatic N) is 2. The number of rotatable bonds is 6. The van der Waals surface area contributed by atoms with Gasteiger partial charge in [0.1, 0.15) is 5.75 Å². The summed E-state index contributed by atoms with van der Waals surface area (Å²) < 4.78 is 5.62. The van der Waals surface area contributed by atoms with Gasteiger partial charge in [-0.25, -0.2) is 15.8 Å². The SMILES string of the molecule is Cc1ccnc(SCCOc2ccccc2C(=O)NN)n1. The van der Waals surface area contributed by atoms with E-state index in [0.717, 1.165) is 5.69 Å². The Morgan fingerprint density at radius 3 is 2.95 bits per heavy atom. The Bertz CT molecular complexity index is 621. The molecular formula is C14H16N4O2S. The maximum Gasteiger partial charge on any atom is 0.268 e. The number of nitrogens with one attached hydrogen (secondary N) is 1. The van der Waals surface area contributed by atoms with Gasteiger partial charge in [-0.05, 0) is 25.1 Å². The molecule has 0 spiro atoms. The fraction of sp³-hybridized carbons (Fsp3) is 0.214. The summed E-state index contributed by atoms with van der Waals surface area (Å²) in [6.07, 6.45) is 1.73. The van der Waals surface area contributed by atoms with Crippen molar-refractivity contribution in [2.45, 2.75) is 12.1 Å². The smallest absolute Gasteiger partial charge is 0.268 e. The fourth-order valence-corrected chi connectivity index (χ4v) is 2.33. The van der Waals surface area contributed by atoms with Crippen LogP contribution in [-0.4, -0.2) is 28.2 Å². The lowest BCUT2D eigenvalue weighted by Crippen LogP contribution is -2.30. The highest BCUT2D eigenvalue weighted by Gasteiger charge is 2.10. The zero-order chi connectivity index (χ0) is 15.1. The summed E-state index contributed by atoms with van der Waals surface area (Å²) in [5.74, 6) is 5.96. The number of aromatic nitrogens is 2. The van der Waals surface area contributed by atoms with Crippen molar-refractivity contribution in [1.29, 1.82) is 0 Å². The molecule has 7 heteroatoms. The molecule has 0 saturated carbocycles. The first kappa shape index (κ1) is 15.3. The minimum Gasteiger partial charge on any atom is -0.492 e. The normalized spacial score (nSPS) is 10.2. The Kier molecular flexibility index (Phi) is 5.53. The predicted molar refractivity (Wildman–Crippen MR) is 81.1 cm³/mol. The molecule has 21 heavy (non-hydrogen) atoms. The molecule has 0 atom stereocenters. The molecule has 0 saturated heterocycles. The Hall–Kier alpha value is -2.12. The molecule has 0 aliphatic heterocycles. The van der Waals surface area contributed by atoms with E-state index < -0.39 is 0 Å². The van der Waals surface area contributed by atoms with Gasteiger partial charge in [-0.2, -0.15) is 0 Å². The zero-order valence-electron chi connectivity index (χ0n) is 11.6. The molecule has 110 valence electrons. The molecule has 2 rings (SSSR count). The average Bonchev–Trinajstić information content (AvgIpc) is 2.51. The molecule has 0 fully saturated rings. The molecule has 0 aliphatic rings. The van der Waals surface area contributed by atoms with Crippen molar-refractivity contribution in [3.63, 3.8) is 0 Å². The summed E-state index contributed by atoms with van der Waals surface area (Å²) in [5, 5.41) is 0.714. The zero-order valence-corrected chi connectivity index (χ0v) is 12.4. The number of benzene rings is 1. The summed E-state index contributed by atoms with van der Waals surface area (Å²) in [6.45, 7) is 2.36. The number of nitrogen functional groups attached to an aromatic ring is 1. The number of para-hydroxylation sites is 1. The summed E-state index contributed by atoms with van der Waals surface area (Å²) >= 11 is 1.50. The van der Waals surface area contributed by atoms with Gasteiger partial charge in [0.25, 0.3) is 5.91 Å². The quantitative estimate of drug-likeness (QED) is 0.210. The number of carbonyl (C=O) groups excluding carboxylic acids is 1. The van der Waals surface area contributed by atoms with Crippen LogP contribution in [0, 0.1) is 6.92 Å². The largest absolute Gasteiger partial charge is 0.492 e. The number of hydrogen-bond donors (Lipinski definition) is 2. The highest BCUT2D eigenvalue weighted by Crippen LogP contribution is 2.19. The molecule has 0 radical (unpaired) electrons. The van der Waals surface area contributed by atoms with E-state index in [9.17, 15) is 4.79 Å². The molecule has 2 aromatic rings. The molecule has 1 heterocycles. The molecule has 1 aromatic carbocycles. The minimum atomic E-state index is -0.375. The fourth-order valence-electron chi connectivity index (χ4n) is 1.64. The minimum absolute atomic E-state index is 0.375. The Labute approximate surface area is 127 Å². The third-order valence-electron chi connectivity index (χ3n) is 2.61. The van der Waals surface area contributed by atoms with Crippen LogP contribution in [0.25, 0.3) is 0 Å². The Morgan fingerprint density at radius 1 is 1.38 bits per heavy atom. The number of nitrogens with two attached hydrogens (primary N) is 1. The van der Waals surface area contributed by atoms with Crippen LogP contribution in [0.5, 0.6) is 5.75 Å². The van der Waals surface area contributed by atoms with E-state index in [1.165, 1.54) is 11.8 Å². The third kappa shape index (κ3) is 4.44. The summed E-state index contributed by atoms with van der Waals surface area (Å²) in [6, 6.07) is 8.81. The maximum absolute atomic E-state index is 11.6. The van der Waals surface area contributed by atoms with Crippen LogP contribution in [0.15, 0.2) is 41.7 Å². The van der Waals surface area contributed by atoms with Gasteiger partial charge in [-0.3, -0.25) is 10.2 Å². The lowest BCUT2D eigenvalue weighted by Gasteiger charge is -2.09. The van der Waals surface area contributed by atoms with E-state index >= 15 is 0 Å². The molecule has 0 unspecified atom stereocenters. The molecular weight excluding hydrogens is 288 g/mol. The standard InChI is InChI=1S/C14H16N4O2S/c1-10-6-7-16-14(17-10)21-9-8-20-12-5-3-2-4-11(12)13(19)18-15/h2-7H,8-9,15H2,1H3,(H,18,19). The number of aryl methyl sites for hydroxylation is 1. The molecule has 1 aromatic heterocycles. The Balaban J connectivity index is 1.88. The molecule has 1 amide bonds. The van der Waals surface area contributed by atoms with E-state index in [2.05, 4.69) is 15.4 Å². The lowest BCUT2D eigenvalue weighted by molar-refractivity contribution is 0.0950. The third-order valence-corrected chi connectivity index (χ3v) is 3.43. The molecule has 3 N–H and O–H groups in total. The number of amides is 1. The second-order valence-electron chi connectivity index (χ2n) is 4.15. The number of hydrogen-bond acceptors (Lipinski definition) is 6. The molecule has 0 bridgehead atoms. The van der Waals surface area contributed by atoms with Crippen LogP contribution in [-0.2, 0) is 0 Å². The van der Waals surface area contributed by atoms with Gasteiger partial charge in [0, 0.05) is 17.6 Å². The molecule has 6 nitrogen and oxygen atoms in total. The first-order chi connectivity index (χ1) is 10.2. The highest BCUT2D eigenvalue weighted by atomic mass is 32.2. The summed E-state index contributed by atoms with van der Waals surface area (Å²) in [7, 11) is 0. The van der Waals surface area contributed by atoms with Crippen LogP contribution in [0.4, 0.5) is 0 Å². The van der Waals surface area contributed by atoms with Crippen LogP contribution in [0.2, 0.25) is 0 Å². The number of hydrazine groups is 1. The summed E-state index contributed by atoms with van der Waals surface area (Å²) in [5.41, 5.74) is 3.44. The van der Waals surface area contributed by atoms with Gasteiger partial charge in [-0.1, -0.05) is 23.9 Å². The van der Waals surface area contributed by atoms with E-state index in [0.29, 0.717) is 28.8 Å². The van der Waals surface area contributed by atoms with Gasteiger partial charge < -0.3 is 4.74 Å². The first-order valence-electron chi connectivity index (χ1n) is 6.36. The number of ether oxygens (including phenoxy) is 1. The predicted octanol–water partition coefficient (Wildman–Crippen LogP) is 1.56. The van der Waals surface area contributed by atoms with Gasteiger partial charge in [0.05, 0.1) is 12.2 Å². The second-order valence-corrected chi connectivity index (χ2v) is 5.21. The van der Waals surface area contributed by atoms with Gasteiger partial charge in [0.2, 0.25) is 0 Å². The van der Waals surface area contributed by atoms with E-state index in [4.69, 9.17) is 10.6 Å². The van der Waals surface area contributed by atoms with Crippen molar-refractivity contribution >= 4 is 17.7 Å².